The second-order valence-electron chi connectivity index (χ2n) is 8.85. The lowest BCUT2D eigenvalue weighted by Crippen LogP contribution is -2.50. The molecule has 30 heavy (non-hydrogen) atoms. The van der Waals surface area contributed by atoms with Gasteiger partial charge in [0.15, 0.2) is 0 Å². The van der Waals surface area contributed by atoms with E-state index in [4.69, 9.17) is 9.88 Å². The van der Waals surface area contributed by atoms with Gasteiger partial charge in [-0.25, -0.2) is 18.4 Å². The lowest BCUT2D eigenvalue weighted by molar-refractivity contribution is -0.117. The molecule has 1 unspecified atom stereocenters. The van der Waals surface area contributed by atoms with Gasteiger partial charge in [0.1, 0.15) is 5.60 Å². The molecule has 0 bridgehead atoms. The molecule has 2 aliphatic heterocycles. The summed E-state index contributed by atoms with van der Waals surface area (Å²) in [4.78, 5) is 30.3. The van der Waals surface area contributed by atoms with Crippen LogP contribution in [0.3, 0.4) is 0 Å². The van der Waals surface area contributed by atoms with Gasteiger partial charge in [-0.1, -0.05) is 12.1 Å². The molecule has 2 heterocycles. The van der Waals surface area contributed by atoms with E-state index in [9.17, 15) is 18.0 Å². The summed E-state index contributed by atoms with van der Waals surface area (Å²) < 4.78 is 28.3. The van der Waals surface area contributed by atoms with Gasteiger partial charge < -0.3 is 19.4 Å². The fourth-order valence-corrected chi connectivity index (χ4v) is 4.75. The molecule has 9 nitrogen and oxygen atoms in total. The Morgan fingerprint density at radius 1 is 1.13 bits per heavy atom. The number of ether oxygens (including phenoxy) is 1. The van der Waals surface area contributed by atoms with Crippen LogP contribution in [0.2, 0.25) is 0 Å². The summed E-state index contributed by atoms with van der Waals surface area (Å²) >= 11 is 0. The normalized spacial score (nSPS) is 20.6. The van der Waals surface area contributed by atoms with Gasteiger partial charge in [0.05, 0.1) is 17.1 Å². The van der Waals surface area contributed by atoms with E-state index in [2.05, 4.69) is 4.90 Å². The Bertz CT molecular complexity index is 904. The molecular weight excluding hydrogens is 408 g/mol. The molecule has 10 heteroatoms. The van der Waals surface area contributed by atoms with Gasteiger partial charge in [-0.2, -0.15) is 0 Å². The Balaban J connectivity index is 1.70. The number of hydrogen-bond donors (Lipinski definition) is 1. The SMILES string of the molecule is CC(C)(C)OC(=O)N1CCN(c2ccccc2N2CC(CS(N)(=O)=O)CC2=O)CC1. The van der Waals surface area contributed by atoms with E-state index in [0.29, 0.717) is 32.7 Å². The maximum Gasteiger partial charge on any atom is 0.410 e. The fourth-order valence-electron chi connectivity index (χ4n) is 3.87. The maximum atomic E-state index is 12.6. The molecule has 0 spiro atoms. The molecule has 1 aromatic rings. The lowest BCUT2D eigenvalue weighted by atomic mass is 10.1. The van der Waals surface area contributed by atoms with Crippen LogP contribution >= 0.6 is 0 Å². The first-order valence-corrected chi connectivity index (χ1v) is 11.8. The van der Waals surface area contributed by atoms with E-state index in [-0.39, 0.29) is 30.1 Å². The Kier molecular flexibility index (Phi) is 6.28. The van der Waals surface area contributed by atoms with Crippen LogP contribution in [0, 0.1) is 5.92 Å². The summed E-state index contributed by atoms with van der Waals surface area (Å²) in [6, 6.07) is 7.57. The maximum absolute atomic E-state index is 12.6. The smallest absolute Gasteiger partial charge is 0.410 e. The predicted octanol–water partition coefficient (Wildman–Crippen LogP) is 1.39. The lowest BCUT2D eigenvalue weighted by Gasteiger charge is -2.38. The topological polar surface area (TPSA) is 113 Å². The Morgan fingerprint density at radius 3 is 2.30 bits per heavy atom. The zero-order valence-corrected chi connectivity index (χ0v) is 18.5. The third kappa shape index (κ3) is 5.63. The van der Waals surface area contributed by atoms with Crippen molar-refractivity contribution in [3.63, 3.8) is 0 Å². The highest BCUT2D eigenvalue weighted by Crippen LogP contribution is 2.34. The number of primary sulfonamides is 1. The number of para-hydroxylation sites is 2. The van der Waals surface area contributed by atoms with Crippen LogP contribution in [0.15, 0.2) is 24.3 Å². The molecule has 2 saturated heterocycles. The predicted molar refractivity (Wildman–Crippen MR) is 115 cm³/mol. The molecule has 0 aromatic heterocycles. The van der Waals surface area contributed by atoms with Crippen molar-refractivity contribution in [2.75, 3.05) is 48.3 Å². The quantitative estimate of drug-likeness (QED) is 0.760. The van der Waals surface area contributed by atoms with Gasteiger partial charge in [0.2, 0.25) is 15.9 Å². The van der Waals surface area contributed by atoms with Crippen molar-refractivity contribution in [2.24, 2.45) is 11.1 Å². The highest BCUT2D eigenvalue weighted by Gasteiger charge is 2.35. The molecule has 3 rings (SSSR count). The zero-order valence-electron chi connectivity index (χ0n) is 17.7. The van der Waals surface area contributed by atoms with Crippen LogP contribution in [0.5, 0.6) is 0 Å². The first-order valence-electron chi connectivity index (χ1n) is 10.1. The number of nitrogens with zero attached hydrogens (tertiary/aromatic N) is 3. The second kappa shape index (κ2) is 8.43. The molecule has 2 fully saturated rings. The van der Waals surface area contributed by atoms with Crippen molar-refractivity contribution in [1.29, 1.82) is 0 Å². The number of sulfonamides is 1. The molecule has 1 aromatic carbocycles. The van der Waals surface area contributed by atoms with Gasteiger partial charge in [0, 0.05) is 45.1 Å². The van der Waals surface area contributed by atoms with E-state index in [1.807, 2.05) is 45.0 Å². The van der Waals surface area contributed by atoms with Gasteiger partial charge >= 0.3 is 6.09 Å². The van der Waals surface area contributed by atoms with Gasteiger partial charge in [-0.3, -0.25) is 4.79 Å². The minimum absolute atomic E-state index is 0.108. The standard InChI is InChI=1S/C20H30N4O5S/c1-20(2,3)29-19(26)23-10-8-22(9-11-23)16-6-4-5-7-17(16)24-13-15(12-18(24)25)14-30(21,27)28/h4-7,15H,8-14H2,1-3H3,(H2,21,27,28). The Hall–Kier alpha value is -2.33. The minimum atomic E-state index is -3.63. The van der Waals surface area contributed by atoms with E-state index in [1.54, 1.807) is 9.80 Å². The molecule has 0 saturated carbocycles. The van der Waals surface area contributed by atoms with Crippen molar-refractivity contribution in [3.05, 3.63) is 24.3 Å². The summed E-state index contributed by atoms with van der Waals surface area (Å²) in [6.45, 7) is 8.10. The average molecular weight is 439 g/mol. The number of benzene rings is 1. The molecule has 2 amide bonds. The highest BCUT2D eigenvalue weighted by molar-refractivity contribution is 7.89. The van der Waals surface area contributed by atoms with Gasteiger partial charge in [-0.15, -0.1) is 0 Å². The zero-order chi connectivity index (χ0) is 22.1. The van der Waals surface area contributed by atoms with E-state index in [0.717, 1.165) is 11.4 Å². The summed E-state index contributed by atoms with van der Waals surface area (Å²) in [5, 5.41) is 5.16. The molecule has 0 radical (unpaired) electrons. The van der Waals surface area contributed by atoms with E-state index >= 15 is 0 Å². The number of piperazine rings is 1. The minimum Gasteiger partial charge on any atom is -0.444 e. The number of carbonyl (C=O) groups is 2. The molecule has 2 N–H and O–H groups in total. The highest BCUT2D eigenvalue weighted by atomic mass is 32.2. The van der Waals surface area contributed by atoms with Crippen LogP contribution in [-0.2, 0) is 19.6 Å². The number of hydrogen-bond acceptors (Lipinski definition) is 6. The monoisotopic (exact) mass is 438 g/mol. The number of amides is 2. The second-order valence-corrected chi connectivity index (χ2v) is 10.5. The average Bonchev–Trinajstić information content (AvgIpc) is 2.98. The van der Waals surface area contributed by atoms with Crippen molar-refractivity contribution in [1.82, 2.24) is 4.90 Å². The third-order valence-corrected chi connectivity index (χ3v) is 6.05. The Morgan fingerprint density at radius 2 is 1.73 bits per heavy atom. The first kappa shape index (κ1) is 22.4. The first-order chi connectivity index (χ1) is 13.9. The molecule has 2 aliphatic rings. The molecule has 166 valence electrons. The van der Waals surface area contributed by atoms with Crippen LogP contribution in [-0.4, -0.2) is 69.4 Å². The summed E-state index contributed by atoms with van der Waals surface area (Å²) in [5.74, 6) is -0.626. The number of anilines is 2. The molecular formula is C20H30N4O5S. The van der Waals surface area contributed by atoms with Crippen LogP contribution in [0.25, 0.3) is 0 Å². The molecule has 1 atom stereocenters. The van der Waals surface area contributed by atoms with Gasteiger partial charge in [-0.05, 0) is 32.9 Å². The number of rotatable bonds is 4. The third-order valence-electron chi connectivity index (χ3n) is 5.12. The van der Waals surface area contributed by atoms with Gasteiger partial charge in [0.25, 0.3) is 0 Å². The summed E-state index contributed by atoms with van der Waals surface area (Å²) in [6.07, 6.45) is -0.159. The summed E-state index contributed by atoms with van der Waals surface area (Å²) in [5.41, 5.74) is 1.11. The van der Waals surface area contributed by atoms with Crippen molar-refractivity contribution in [3.8, 4) is 0 Å². The van der Waals surface area contributed by atoms with Crippen LogP contribution in [0.1, 0.15) is 27.2 Å². The van der Waals surface area contributed by atoms with Crippen LogP contribution < -0.4 is 14.9 Å². The van der Waals surface area contributed by atoms with Crippen molar-refractivity contribution < 1.29 is 22.7 Å². The van der Waals surface area contributed by atoms with Crippen molar-refractivity contribution in [2.45, 2.75) is 32.8 Å². The number of nitrogens with two attached hydrogens (primary N) is 1. The molecule has 0 aliphatic carbocycles. The van der Waals surface area contributed by atoms with Crippen molar-refractivity contribution >= 4 is 33.4 Å². The van der Waals surface area contributed by atoms with E-state index < -0.39 is 15.6 Å². The Labute approximate surface area is 177 Å². The largest absolute Gasteiger partial charge is 0.444 e. The van der Waals surface area contributed by atoms with Crippen LogP contribution in [0.4, 0.5) is 16.2 Å². The fraction of sp³-hybridized carbons (Fsp3) is 0.600. The van der Waals surface area contributed by atoms with E-state index in [1.165, 1.54) is 0 Å². The summed E-state index contributed by atoms with van der Waals surface area (Å²) in [7, 11) is -3.63. The number of carbonyl (C=O) groups excluding carboxylic acids is 2.